The highest BCUT2D eigenvalue weighted by Crippen LogP contribution is 2.35. The van der Waals surface area contributed by atoms with Crippen LogP contribution in [0.5, 0.6) is 0 Å². The number of fused-ring (bicyclic) bond motifs is 1. The molecule has 3 heterocycles. The number of piperazine rings is 1. The lowest BCUT2D eigenvalue weighted by molar-refractivity contribution is -0.136. The van der Waals surface area contributed by atoms with Gasteiger partial charge in [-0.3, -0.25) is 14.8 Å². The van der Waals surface area contributed by atoms with Crippen molar-refractivity contribution in [2.45, 2.75) is 37.5 Å². The van der Waals surface area contributed by atoms with E-state index in [9.17, 15) is 18.0 Å². The van der Waals surface area contributed by atoms with Crippen LogP contribution in [0.15, 0.2) is 18.3 Å². The molecule has 1 unspecified atom stereocenters. The van der Waals surface area contributed by atoms with E-state index in [1.54, 1.807) is 11.0 Å². The highest BCUT2D eigenvalue weighted by atomic mass is 19.4. The van der Waals surface area contributed by atoms with Gasteiger partial charge in [0.2, 0.25) is 5.91 Å². The number of nitrogens with zero attached hydrogens (tertiary/aromatic N) is 4. The van der Waals surface area contributed by atoms with Crippen molar-refractivity contribution in [3.05, 3.63) is 29.5 Å². The van der Waals surface area contributed by atoms with Crippen LogP contribution < -0.4 is 5.73 Å². The Morgan fingerprint density at radius 2 is 1.87 bits per heavy atom. The number of rotatable bonds is 4. The summed E-state index contributed by atoms with van der Waals surface area (Å²) in [6.07, 6.45) is -1.30. The summed E-state index contributed by atoms with van der Waals surface area (Å²) >= 11 is 0. The predicted molar refractivity (Wildman–Crippen MR) is 111 cm³/mol. The number of benzene rings is 1. The van der Waals surface area contributed by atoms with E-state index in [4.69, 9.17) is 5.73 Å². The lowest BCUT2D eigenvalue weighted by Crippen LogP contribution is -2.54. The van der Waals surface area contributed by atoms with Crippen LogP contribution in [0.25, 0.3) is 10.9 Å². The highest BCUT2D eigenvalue weighted by Gasteiger charge is 2.35. The first-order chi connectivity index (χ1) is 14.7. The maximum absolute atomic E-state index is 13.4. The molecule has 2 saturated heterocycles. The van der Waals surface area contributed by atoms with Crippen molar-refractivity contribution in [2.24, 2.45) is 5.73 Å². The number of likely N-dealkylation sites (N-methyl/N-ethyl adjacent to an activating group) is 1. The fraction of sp³-hybridized carbons (Fsp3) is 0.619. The number of aromatic nitrogens is 2. The third kappa shape index (κ3) is 4.86. The van der Waals surface area contributed by atoms with E-state index < -0.39 is 17.8 Å². The number of likely N-dealkylation sites (tertiary alicyclic amines) is 1. The van der Waals surface area contributed by atoms with Gasteiger partial charge in [0, 0.05) is 50.7 Å². The van der Waals surface area contributed by atoms with Gasteiger partial charge in [0.15, 0.2) is 0 Å². The first-order valence-corrected chi connectivity index (χ1v) is 10.7. The van der Waals surface area contributed by atoms with Gasteiger partial charge in [-0.15, -0.1) is 0 Å². The first kappa shape index (κ1) is 22.0. The normalized spacial score (nSPS) is 21.0. The summed E-state index contributed by atoms with van der Waals surface area (Å²) in [7, 11) is 2.13. The van der Waals surface area contributed by atoms with E-state index in [0.717, 1.165) is 45.1 Å². The zero-order chi connectivity index (χ0) is 22.2. The number of carbonyl (C=O) groups is 1. The third-order valence-corrected chi connectivity index (χ3v) is 6.52. The van der Waals surface area contributed by atoms with Crippen LogP contribution in [0.4, 0.5) is 13.2 Å². The molecule has 0 aliphatic carbocycles. The van der Waals surface area contributed by atoms with Crippen molar-refractivity contribution >= 4 is 16.8 Å². The second kappa shape index (κ2) is 8.76. The molecule has 1 atom stereocenters. The number of alkyl halides is 3. The Balaban J connectivity index is 1.37. The van der Waals surface area contributed by atoms with Crippen molar-refractivity contribution in [1.29, 1.82) is 0 Å². The second-order valence-corrected chi connectivity index (χ2v) is 8.68. The molecule has 3 N–H and O–H groups in total. The molecule has 2 fully saturated rings. The van der Waals surface area contributed by atoms with Gasteiger partial charge < -0.3 is 15.5 Å². The predicted octanol–water partition coefficient (Wildman–Crippen LogP) is 1.69. The molecule has 0 saturated carbocycles. The number of carbonyl (C=O) groups excluding carboxylic acids is 1. The minimum absolute atomic E-state index is 0.0536. The van der Waals surface area contributed by atoms with Gasteiger partial charge in [0.05, 0.1) is 23.3 Å². The summed E-state index contributed by atoms with van der Waals surface area (Å²) in [5.41, 5.74) is 5.68. The first-order valence-electron chi connectivity index (χ1n) is 10.7. The van der Waals surface area contributed by atoms with Gasteiger partial charge in [-0.2, -0.15) is 18.3 Å². The van der Waals surface area contributed by atoms with Crippen LogP contribution in [0.3, 0.4) is 0 Å². The molecule has 0 radical (unpaired) electrons. The second-order valence-electron chi connectivity index (χ2n) is 8.68. The molecule has 4 rings (SSSR count). The number of nitrogens with one attached hydrogen (secondary N) is 1. The van der Waals surface area contributed by atoms with Crippen molar-refractivity contribution in [2.75, 3.05) is 46.3 Å². The smallest absolute Gasteiger partial charge is 0.341 e. The Morgan fingerprint density at radius 3 is 2.52 bits per heavy atom. The van der Waals surface area contributed by atoms with E-state index in [1.165, 1.54) is 6.20 Å². The zero-order valence-electron chi connectivity index (χ0n) is 17.7. The summed E-state index contributed by atoms with van der Waals surface area (Å²) in [6, 6.07) is 2.28. The average Bonchev–Trinajstić information content (AvgIpc) is 3.21. The lowest BCUT2D eigenvalue weighted by atomic mass is 9.98. The van der Waals surface area contributed by atoms with Gasteiger partial charge in [0.1, 0.15) is 0 Å². The molecule has 1 aromatic heterocycles. The maximum Gasteiger partial charge on any atom is 0.418 e. The SMILES string of the molecule is CN1CCN(C2CCN(C(=O)C(N)Cc3cc(C(F)(F)F)c4[nH]ncc4c3)CC2)CC1. The number of halogens is 3. The Bertz CT molecular complexity index is 913. The van der Waals surface area contributed by atoms with E-state index in [2.05, 4.69) is 27.0 Å². The molecule has 1 aromatic carbocycles. The number of H-pyrrole nitrogens is 1. The van der Waals surface area contributed by atoms with E-state index in [0.29, 0.717) is 30.1 Å². The lowest BCUT2D eigenvalue weighted by Gasteiger charge is -2.42. The number of piperidine rings is 1. The van der Waals surface area contributed by atoms with Crippen LogP contribution in [0.1, 0.15) is 24.0 Å². The van der Waals surface area contributed by atoms with Crippen LogP contribution >= 0.6 is 0 Å². The summed E-state index contributed by atoms with van der Waals surface area (Å²) in [4.78, 5) is 19.4. The van der Waals surface area contributed by atoms with Gasteiger partial charge in [-0.05, 0) is 44.0 Å². The molecule has 7 nitrogen and oxygen atoms in total. The zero-order valence-corrected chi connectivity index (χ0v) is 17.7. The number of hydrogen-bond acceptors (Lipinski definition) is 5. The molecule has 170 valence electrons. The summed E-state index contributed by atoms with van der Waals surface area (Å²) < 4.78 is 40.2. The minimum Gasteiger partial charge on any atom is -0.341 e. The highest BCUT2D eigenvalue weighted by molar-refractivity contribution is 5.84. The molecule has 0 spiro atoms. The Morgan fingerprint density at radius 1 is 1.19 bits per heavy atom. The van der Waals surface area contributed by atoms with E-state index >= 15 is 0 Å². The van der Waals surface area contributed by atoms with Gasteiger partial charge in [0.25, 0.3) is 0 Å². The van der Waals surface area contributed by atoms with Crippen LogP contribution in [-0.4, -0.2) is 89.2 Å². The number of hydrogen-bond donors (Lipinski definition) is 2. The largest absolute Gasteiger partial charge is 0.418 e. The minimum atomic E-state index is -4.51. The molecule has 1 amide bonds. The number of nitrogens with two attached hydrogens (primary N) is 1. The van der Waals surface area contributed by atoms with Gasteiger partial charge >= 0.3 is 6.18 Å². The number of aromatic amines is 1. The Kier molecular flexibility index (Phi) is 6.23. The van der Waals surface area contributed by atoms with E-state index in [-0.39, 0.29) is 17.8 Å². The molecular formula is C21H29F3N6O. The van der Waals surface area contributed by atoms with Crippen molar-refractivity contribution < 1.29 is 18.0 Å². The Labute approximate surface area is 179 Å². The van der Waals surface area contributed by atoms with Crippen LogP contribution in [-0.2, 0) is 17.4 Å². The quantitative estimate of drug-likeness (QED) is 0.759. The molecule has 2 aromatic rings. The van der Waals surface area contributed by atoms with Gasteiger partial charge in [-0.1, -0.05) is 0 Å². The summed E-state index contributed by atoms with van der Waals surface area (Å²) in [5, 5.41) is 6.47. The Hall–Kier alpha value is -2.17. The average molecular weight is 438 g/mol. The monoisotopic (exact) mass is 438 g/mol. The topological polar surface area (TPSA) is 81.5 Å². The van der Waals surface area contributed by atoms with Crippen molar-refractivity contribution in [3.8, 4) is 0 Å². The van der Waals surface area contributed by atoms with Crippen molar-refractivity contribution in [1.82, 2.24) is 24.9 Å². The summed E-state index contributed by atoms with van der Waals surface area (Å²) in [6.45, 7) is 5.49. The van der Waals surface area contributed by atoms with E-state index in [1.807, 2.05) is 0 Å². The molecule has 0 bridgehead atoms. The van der Waals surface area contributed by atoms with Crippen LogP contribution in [0, 0.1) is 0 Å². The van der Waals surface area contributed by atoms with Crippen molar-refractivity contribution in [3.63, 3.8) is 0 Å². The molecule has 10 heteroatoms. The molecule has 2 aliphatic rings. The third-order valence-electron chi connectivity index (χ3n) is 6.52. The molecule has 2 aliphatic heterocycles. The number of amides is 1. The molecule has 31 heavy (non-hydrogen) atoms. The fourth-order valence-electron chi connectivity index (χ4n) is 4.68. The fourth-order valence-corrected chi connectivity index (χ4v) is 4.68. The molecular weight excluding hydrogens is 409 g/mol. The van der Waals surface area contributed by atoms with Gasteiger partial charge in [-0.25, -0.2) is 0 Å². The van der Waals surface area contributed by atoms with Crippen LogP contribution in [0.2, 0.25) is 0 Å². The maximum atomic E-state index is 13.4. The standard InChI is InChI=1S/C21H29F3N6O/c1-28-6-8-29(9-7-28)16-2-4-30(5-3-16)20(31)18(25)12-14-10-15-13-26-27-19(15)17(11-14)21(22,23)24/h10-11,13,16,18H,2-9,12,25H2,1H3,(H,26,27). The summed E-state index contributed by atoms with van der Waals surface area (Å²) in [5.74, 6) is -0.197.